The molecular weight excluding hydrogens is 282 g/mol. The van der Waals surface area contributed by atoms with E-state index in [4.69, 9.17) is 8.94 Å². The Morgan fingerprint density at radius 1 is 1.45 bits per heavy atom. The normalized spacial score (nSPS) is 11.7. The Morgan fingerprint density at radius 2 is 2.25 bits per heavy atom. The van der Waals surface area contributed by atoms with Gasteiger partial charge in [0.2, 0.25) is 5.76 Å². The Balaban J connectivity index is 0.00000200. The fraction of sp³-hybridized carbons (Fsp3) is 0.385. The highest BCUT2D eigenvalue weighted by Gasteiger charge is 2.15. The van der Waals surface area contributed by atoms with Crippen LogP contribution in [0.15, 0.2) is 33.4 Å². The molecule has 2 rings (SSSR count). The molecule has 0 bridgehead atoms. The van der Waals surface area contributed by atoms with Crippen LogP contribution in [0.4, 0.5) is 0 Å². The van der Waals surface area contributed by atoms with Crippen LogP contribution in [-0.2, 0) is 0 Å². The lowest BCUT2D eigenvalue weighted by molar-refractivity contribution is 0.0941. The van der Waals surface area contributed by atoms with Gasteiger partial charge in [0.25, 0.3) is 5.91 Å². The molecule has 20 heavy (non-hydrogen) atoms. The molecule has 2 heterocycles. The minimum Gasteiger partial charge on any atom is -0.461 e. The predicted octanol–water partition coefficient (Wildman–Crippen LogP) is 2.08. The number of nitrogens with one attached hydrogen (secondary N) is 2. The molecule has 1 atom stereocenters. The summed E-state index contributed by atoms with van der Waals surface area (Å²) in [6.45, 7) is 5.42. The zero-order chi connectivity index (χ0) is 13.7. The van der Waals surface area contributed by atoms with Crippen molar-refractivity contribution in [3.63, 3.8) is 0 Å². The number of hydrogen-bond acceptors (Lipinski definition) is 5. The first kappa shape index (κ1) is 16.3. The number of likely N-dealkylation sites (N-methyl/N-ethyl adjacent to an activating group) is 1. The fourth-order valence-electron chi connectivity index (χ4n) is 1.67. The zero-order valence-electron chi connectivity index (χ0n) is 11.4. The van der Waals surface area contributed by atoms with Crippen molar-refractivity contribution in [2.24, 2.45) is 0 Å². The summed E-state index contributed by atoms with van der Waals surface area (Å²) < 4.78 is 10.2. The molecule has 0 radical (unpaired) electrons. The van der Waals surface area contributed by atoms with Gasteiger partial charge in [-0.3, -0.25) is 4.79 Å². The average molecular weight is 300 g/mol. The van der Waals surface area contributed by atoms with Crippen molar-refractivity contribution >= 4 is 18.3 Å². The number of amides is 1. The highest BCUT2D eigenvalue weighted by atomic mass is 35.5. The van der Waals surface area contributed by atoms with Crippen LogP contribution in [0.3, 0.4) is 0 Å². The Bertz CT molecular complexity index is 525. The average Bonchev–Trinajstić information content (AvgIpc) is 3.06. The van der Waals surface area contributed by atoms with E-state index in [1.54, 1.807) is 18.2 Å². The van der Waals surface area contributed by atoms with Gasteiger partial charge in [-0.15, -0.1) is 12.4 Å². The van der Waals surface area contributed by atoms with Crippen molar-refractivity contribution in [3.8, 4) is 11.5 Å². The van der Waals surface area contributed by atoms with Crippen LogP contribution >= 0.6 is 12.4 Å². The monoisotopic (exact) mass is 299 g/mol. The molecule has 1 amide bonds. The number of aromatic nitrogens is 1. The van der Waals surface area contributed by atoms with Crippen molar-refractivity contribution < 1.29 is 13.7 Å². The van der Waals surface area contributed by atoms with E-state index in [0.29, 0.717) is 18.1 Å². The lowest BCUT2D eigenvalue weighted by Gasteiger charge is -2.12. The summed E-state index contributed by atoms with van der Waals surface area (Å²) in [7, 11) is 0. The van der Waals surface area contributed by atoms with Gasteiger partial charge in [-0.25, -0.2) is 0 Å². The minimum atomic E-state index is -0.258. The Labute approximate surface area is 123 Å². The standard InChI is InChI=1S/C13H17N3O3.ClH/c1-3-14-9(2)8-15-13(17)10-7-12(19-16-10)11-5-4-6-18-11;/h4-7,9,14H,3,8H2,1-2H3,(H,15,17);1H/t9-;/m1./s1. The first-order valence-corrected chi connectivity index (χ1v) is 6.23. The second-order valence-electron chi connectivity index (χ2n) is 4.22. The van der Waals surface area contributed by atoms with Gasteiger partial charge >= 0.3 is 0 Å². The SMILES string of the molecule is CCN[C@H](C)CNC(=O)c1cc(-c2ccco2)on1.Cl. The smallest absolute Gasteiger partial charge is 0.273 e. The van der Waals surface area contributed by atoms with Crippen LogP contribution in [0.1, 0.15) is 24.3 Å². The highest BCUT2D eigenvalue weighted by molar-refractivity contribution is 5.92. The molecule has 2 N–H and O–H groups in total. The third-order valence-electron chi connectivity index (χ3n) is 2.63. The van der Waals surface area contributed by atoms with Gasteiger partial charge in [-0.05, 0) is 25.6 Å². The van der Waals surface area contributed by atoms with Gasteiger partial charge in [-0.1, -0.05) is 12.1 Å². The molecule has 7 heteroatoms. The quantitative estimate of drug-likeness (QED) is 0.853. The van der Waals surface area contributed by atoms with Crippen LogP contribution in [0, 0.1) is 0 Å². The van der Waals surface area contributed by atoms with Crippen LogP contribution in [0.2, 0.25) is 0 Å². The molecule has 0 aliphatic rings. The number of nitrogens with zero attached hydrogens (tertiary/aromatic N) is 1. The van der Waals surface area contributed by atoms with Gasteiger partial charge in [0, 0.05) is 18.7 Å². The maximum Gasteiger partial charge on any atom is 0.273 e. The van der Waals surface area contributed by atoms with Crippen molar-refractivity contribution in [1.29, 1.82) is 0 Å². The number of halogens is 1. The summed E-state index contributed by atoms with van der Waals surface area (Å²) in [5, 5.41) is 9.72. The van der Waals surface area contributed by atoms with Gasteiger partial charge < -0.3 is 19.6 Å². The van der Waals surface area contributed by atoms with Crippen molar-refractivity contribution in [3.05, 3.63) is 30.2 Å². The van der Waals surface area contributed by atoms with E-state index in [0.717, 1.165) is 6.54 Å². The van der Waals surface area contributed by atoms with Crippen LogP contribution in [0.5, 0.6) is 0 Å². The molecule has 0 saturated carbocycles. The number of rotatable bonds is 6. The van der Waals surface area contributed by atoms with Crippen molar-refractivity contribution in [2.75, 3.05) is 13.1 Å². The van der Waals surface area contributed by atoms with Crippen molar-refractivity contribution in [1.82, 2.24) is 15.8 Å². The van der Waals surface area contributed by atoms with Gasteiger partial charge in [0.15, 0.2) is 11.5 Å². The van der Waals surface area contributed by atoms with E-state index in [9.17, 15) is 4.79 Å². The maximum absolute atomic E-state index is 11.8. The summed E-state index contributed by atoms with van der Waals surface area (Å²) in [5.74, 6) is 0.730. The molecule has 110 valence electrons. The van der Waals surface area contributed by atoms with Crippen LogP contribution in [-0.4, -0.2) is 30.2 Å². The van der Waals surface area contributed by atoms with Crippen LogP contribution < -0.4 is 10.6 Å². The minimum absolute atomic E-state index is 0. The van der Waals surface area contributed by atoms with Gasteiger partial charge in [0.1, 0.15) is 0 Å². The van der Waals surface area contributed by atoms with Gasteiger partial charge in [-0.2, -0.15) is 0 Å². The zero-order valence-corrected chi connectivity index (χ0v) is 12.2. The topological polar surface area (TPSA) is 80.3 Å². The molecule has 0 fully saturated rings. The third kappa shape index (κ3) is 4.11. The highest BCUT2D eigenvalue weighted by Crippen LogP contribution is 2.20. The van der Waals surface area contributed by atoms with E-state index in [1.807, 2.05) is 13.8 Å². The molecule has 2 aromatic heterocycles. The summed E-state index contributed by atoms with van der Waals surface area (Å²) in [6, 6.07) is 5.27. The second-order valence-corrected chi connectivity index (χ2v) is 4.22. The molecule has 0 aliphatic heterocycles. The Morgan fingerprint density at radius 3 is 2.90 bits per heavy atom. The van der Waals surface area contributed by atoms with E-state index >= 15 is 0 Å². The Kier molecular flexibility index (Phi) is 6.27. The molecule has 0 aliphatic carbocycles. The van der Waals surface area contributed by atoms with Gasteiger partial charge in [0.05, 0.1) is 6.26 Å². The second kappa shape index (κ2) is 7.72. The molecule has 0 unspecified atom stereocenters. The molecular formula is C13H18ClN3O3. The van der Waals surface area contributed by atoms with Crippen LogP contribution in [0.25, 0.3) is 11.5 Å². The Hall–Kier alpha value is -1.79. The lowest BCUT2D eigenvalue weighted by atomic mass is 10.3. The summed E-state index contributed by atoms with van der Waals surface area (Å²) in [5.41, 5.74) is 0.245. The summed E-state index contributed by atoms with van der Waals surface area (Å²) in [4.78, 5) is 11.8. The number of carbonyl (C=O) groups excluding carboxylic acids is 1. The number of hydrogen-bond donors (Lipinski definition) is 2. The molecule has 0 saturated heterocycles. The predicted molar refractivity (Wildman–Crippen MR) is 76.9 cm³/mol. The molecule has 6 nitrogen and oxygen atoms in total. The first-order chi connectivity index (χ1) is 9.20. The van der Waals surface area contributed by atoms with E-state index in [2.05, 4.69) is 15.8 Å². The fourth-order valence-corrected chi connectivity index (χ4v) is 1.67. The largest absolute Gasteiger partial charge is 0.461 e. The van der Waals surface area contributed by atoms with Crippen molar-refractivity contribution in [2.45, 2.75) is 19.9 Å². The van der Waals surface area contributed by atoms with E-state index < -0.39 is 0 Å². The third-order valence-corrected chi connectivity index (χ3v) is 2.63. The van der Waals surface area contributed by atoms with E-state index in [-0.39, 0.29) is 30.0 Å². The number of carbonyl (C=O) groups is 1. The summed E-state index contributed by atoms with van der Waals surface area (Å²) in [6.07, 6.45) is 1.54. The molecule has 0 spiro atoms. The first-order valence-electron chi connectivity index (χ1n) is 6.23. The summed E-state index contributed by atoms with van der Waals surface area (Å²) >= 11 is 0. The molecule has 2 aromatic rings. The number of furan rings is 1. The maximum atomic E-state index is 11.8. The van der Waals surface area contributed by atoms with E-state index in [1.165, 1.54) is 6.26 Å². The molecule has 0 aromatic carbocycles. The lowest BCUT2D eigenvalue weighted by Crippen LogP contribution is -2.38.